The molecule has 0 aliphatic carbocycles. The lowest BCUT2D eigenvalue weighted by atomic mass is 9.99. The van der Waals surface area contributed by atoms with Gasteiger partial charge < -0.3 is 10.0 Å². The van der Waals surface area contributed by atoms with Crippen LogP contribution in [0.1, 0.15) is 25.3 Å². The first kappa shape index (κ1) is 16.0. The summed E-state index contributed by atoms with van der Waals surface area (Å²) in [5, 5.41) is 9.30. The number of anilines is 1. The van der Waals surface area contributed by atoms with E-state index in [2.05, 4.69) is 4.90 Å². The molecule has 2 saturated heterocycles. The minimum absolute atomic E-state index is 0.0926. The Morgan fingerprint density at radius 1 is 1.22 bits per heavy atom. The molecule has 1 aromatic rings. The number of benzene rings is 1. The molecule has 0 spiro atoms. The van der Waals surface area contributed by atoms with Gasteiger partial charge in [0.25, 0.3) is 0 Å². The van der Waals surface area contributed by atoms with E-state index in [-0.39, 0.29) is 23.8 Å². The number of carboxylic acids is 1. The van der Waals surface area contributed by atoms with Crippen molar-refractivity contribution >= 4 is 17.6 Å². The van der Waals surface area contributed by atoms with Crippen molar-refractivity contribution in [2.45, 2.75) is 32.7 Å². The van der Waals surface area contributed by atoms with E-state index in [1.54, 1.807) is 0 Å². The zero-order valence-electron chi connectivity index (χ0n) is 13.7. The van der Waals surface area contributed by atoms with E-state index in [0.717, 1.165) is 25.1 Å². The van der Waals surface area contributed by atoms with Gasteiger partial charge in [0.1, 0.15) is 0 Å². The highest BCUT2D eigenvalue weighted by molar-refractivity contribution is 5.98. The predicted molar refractivity (Wildman–Crippen MR) is 88.4 cm³/mol. The number of carboxylic acid groups (broad SMARTS) is 1. The molecule has 0 bridgehead atoms. The standard InChI is InChI=1S/C18H24N2O3/c1-12-5-7-14(8-6-12)20-9-3-4-16(17(20)21)19-10-13(2)15(11-19)18(22)23/h5-8,13,15-16H,3-4,9-11H2,1-2H3,(H,22,23)/t13-,15-,16?/m1/s1. The lowest BCUT2D eigenvalue weighted by Gasteiger charge is -2.37. The van der Waals surface area contributed by atoms with Crippen molar-refractivity contribution in [2.75, 3.05) is 24.5 Å². The summed E-state index contributed by atoms with van der Waals surface area (Å²) in [5.74, 6) is -0.912. The fraction of sp³-hybridized carbons (Fsp3) is 0.556. The minimum Gasteiger partial charge on any atom is -0.481 e. The smallest absolute Gasteiger partial charge is 0.308 e. The number of aryl methyl sites for hydroxylation is 1. The summed E-state index contributed by atoms with van der Waals surface area (Å²) < 4.78 is 0. The topological polar surface area (TPSA) is 60.9 Å². The molecule has 1 unspecified atom stereocenters. The molecule has 2 heterocycles. The Kier molecular flexibility index (Phi) is 4.39. The van der Waals surface area contributed by atoms with Crippen molar-refractivity contribution in [1.29, 1.82) is 0 Å². The number of piperidine rings is 1. The molecule has 1 amide bonds. The maximum atomic E-state index is 12.9. The van der Waals surface area contributed by atoms with Crippen LogP contribution in [0.2, 0.25) is 0 Å². The Morgan fingerprint density at radius 3 is 2.52 bits per heavy atom. The molecular formula is C18H24N2O3. The van der Waals surface area contributed by atoms with Crippen LogP contribution in [-0.4, -0.2) is 47.6 Å². The van der Waals surface area contributed by atoms with E-state index in [9.17, 15) is 14.7 Å². The number of hydrogen-bond donors (Lipinski definition) is 1. The van der Waals surface area contributed by atoms with E-state index in [4.69, 9.17) is 0 Å². The second kappa shape index (κ2) is 6.32. The van der Waals surface area contributed by atoms with E-state index in [0.29, 0.717) is 13.1 Å². The zero-order chi connectivity index (χ0) is 16.6. The lowest BCUT2D eigenvalue weighted by Crippen LogP contribution is -2.52. The summed E-state index contributed by atoms with van der Waals surface area (Å²) in [4.78, 5) is 28.2. The first-order valence-electron chi connectivity index (χ1n) is 8.32. The van der Waals surface area contributed by atoms with Gasteiger partial charge in [-0.2, -0.15) is 0 Å². The van der Waals surface area contributed by atoms with Gasteiger partial charge in [-0.1, -0.05) is 24.6 Å². The van der Waals surface area contributed by atoms with Gasteiger partial charge in [-0.15, -0.1) is 0 Å². The van der Waals surface area contributed by atoms with Gasteiger partial charge in [-0.25, -0.2) is 0 Å². The third kappa shape index (κ3) is 3.11. The van der Waals surface area contributed by atoms with E-state index in [1.807, 2.05) is 43.0 Å². The largest absolute Gasteiger partial charge is 0.481 e. The quantitative estimate of drug-likeness (QED) is 0.928. The Labute approximate surface area is 136 Å². The lowest BCUT2D eigenvalue weighted by molar-refractivity contribution is -0.142. The number of likely N-dealkylation sites (tertiary alicyclic amines) is 1. The summed E-state index contributed by atoms with van der Waals surface area (Å²) in [7, 11) is 0. The molecule has 0 saturated carbocycles. The maximum absolute atomic E-state index is 12.9. The summed E-state index contributed by atoms with van der Waals surface area (Å²) in [6, 6.07) is 7.83. The SMILES string of the molecule is Cc1ccc(N2CCCC(N3C[C@@H](C)[C@H](C(=O)O)C3)C2=O)cc1. The Morgan fingerprint density at radius 2 is 1.91 bits per heavy atom. The second-order valence-electron chi connectivity index (χ2n) is 6.86. The average molecular weight is 316 g/mol. The summed E-state index contributed by atoms with van der Waals surface area (Å²) in [6.45, 7) is 5.90. The number of nitrogens with zero attached hydrogens (tertiary/aromatic N) is 2. The van der Waals surface area contributed by atoms with Crippen molar-refractivity contribution in [1.82, 2.24) is 4.90 Å². The van der Waals surface area contributed by atoms with Gasteiger partial charge in [-0.05, 0) is 37.8 Å². The zero-order valence-corrected chi connectivity index (χ0v) is 13.7. The Hall–Kier alpha value is -1.88. The molecule has 1 N–H and O–H groups in total. The van der Waals surface area contributed by atoms with Crippen LogP contribution < -0.4 is 4.90 Å². The molecule has 5 heteroatoms. The average Bonchev–Trinajstić information content (AvgIpc) is 2.90. The third-order valence-electron chi connectivity index (χ3n) is 5.15. The van der Waals surface area contributed by atoms with Crippen molar-refractivity contribution < 1.29 is 14.7 Å². The molecule has 2 aliphatic heterocycles. The Balaban J connectivity index is 1.75. The van der Waals surface area contributed by atoms with Crippen LogP contribution in [0.15, 0.2) is 24.3 Å². The number of carbonyl (C=O) groups is 2. The highest BCUT2D eigenvalue weighted by Gasteiger charge is 2.42. The van der Waals surface area contributed by atoms with Gasteiger partial charge in [0.2, 0.25) is 5.91 Å². The van der Waals surface area contributed by atoms with Gasteiger partial charge >= 0.3 is 5.97 Å². The Bertz CT molecular complexity index is 599. The van der Waals surface area contributed by atoms with Crippen LogP contribution in [0.4, 0.5) is 5.69 Å². The van der Waals surface area contributed by atoms with Gasteiger partial charge in [0.05, 0.1) is 12.0 Å². The molecule has 1 aromatic carbocycles. The number of aliphatic carboxylic acids is 1. The molecule has 0 aromatic heterocycles. The number of hydrogen-bond acceptors (Lipinski definition) is 3. The first-order valence-corrected chi connectivity index (χ1v) is 8.32. The minimum atomic E-state index is -0.751. The molecular weight excluding hydrogens is 292 g/mol. The molecule has 3 rings (SSSR count). The highest BCUT2D eigenvalue weighted by Crippen LogP contribution is 2.30. The van der Waals surface area contributed by atoms with Crippen LogP contribution in [0, 0.1) is 18.8 Å². The monoisotopic (exact) mass is 316 g/mol. The molecule has 0 radical (unpaired) electrons. The maximum Gasteiger partial charge on any atom is 0.308 e. The van der Waals surface area contributed by atoms with Gasteiger partial charge in [0.15, 0.2) is 0 Å². The molecule has 2 fully saturated rings. The highest BCUT2D eigenvalue weighted by atomic mass is 16.4. The summed E-state index contributed by atoms with van der Waals surface area (Å²) in [6.07, 6.45) is 1.77. The molecule has 5 nitrogen and oxygen atoms in total. The van der Waals surface area contributed by atoms with E-state index < -0.39 is 5.97 Å². The predicted octanol–water partition coefficient (Wildman–Crippen LogP) is 2.14. The van der Waals surface area contributed by atoms with E-state index >= 15 is 0 Å². The van der Waals surface area contributed by atoms with E-state index in [1.165, 1.54) is 5.56 Å². The number of amides is 1. The molecule has 3 atom stereocenters. The normalized spacial score (nSPS) is 29.0. The van der Waals surface area contributed by atoms with Crippen LogP contribution in [0.25, 0.3) is 0 Å². The molecule has 2 aliphatic rings. The fourth-order valence-electron chi connectivity index (χ4n) is 3.76. The summed E-state index contributed by atoms with van der Waals surface area (Å²) in [5.41, 5.74) is 2.11. The number of rotatable bonds is 3. The van der Waals surface area contributed by atoms with Crippen molar-refractivity contribution in [2.24, 2.45) is 11.8 Å². The van der Waals surface area contributed by atoms with Crippen LogP contribution in [-0.2, 0) is 9.59 Å². The molecule has 23 heavy (non-hydrogen) atoms. The van der Waals surface area contributed by atoms with Crippen molar-refractivity contribution in [3.8, 4) is 0 Å². The van der Waals surface area contributed by atoms with Crippen molar-refractivity contribution in [3.63, 3.8) is 0 Å². The van der Waals surface area contributed by atoms with Crippen LogP contribution >= 0.6 is 0 Å². The second-order valence-corrected chi connectivity index (χ2v) is 6.86. The fourth-order valence-corrected chi connectivity index (χ4v) is 3.76. The van der Waals surface area contributed by atoms with Crippen LogP contribution in [0.5, 0.6) is 0 Å². The van der Waals surface area contributed by atoms with Gasteiger partial charge in [0, 0.05) is 25.3 Å². The van der Waals surface area contributed by atoms with Crippen molar-refractivity contribution in [3.05, 3.63) is 29.8 Å². The summed E-state index contributed by atoms with van der Waals surface area (Å²) >= 11 is 0. The van der Waals surface area contributed by atoms with Crippen LogP contribution in [0.3, 0.4) is 0 Å². The molecule has 124 valence electrons. The number of carbonyl (C=O) groups excluding carboxylic acids is 1. The third-order valence-corrected chi connectivity index (χ3v) is 5.15. The van der Waals surface area contributed by atoms with Gasteiger partial charge in [-0.3, -0.25) is 14.5 Å². The first-order chi connectivity index (χ1) is 11.0.